The predicted octanol–water partition coefficient (Wildman–Crippen LogP) is 6.82. The average Bonchev–Trinajstić information content (AvgIpc) is 3.56. The molecule has 0 atom stereocenters. The molecule has 0 amide bonds. The fourth-order valence-corrected chi connectivity index (χ4v) is 4.47. The monoisotopic (exact) mass is 422 g/mol. The molecule has 32 heavy (non-hydrogen) atoms. The number of rotatable bonds is 7. The topological polar surface area (TPSA) is 57.4 Å². The van der Waals surface area contributed by atoms with Crippen LogP contribution in [0.25, 0.3) is 33.6 Å². The van der Waals surface area contributed by atoms with Crippen molar-refractivity contribution in [3.05, 3.63) is 72.6 Å². The van der Waals surface area contributed by atoms with Crippen molar-refractivity contribution in [2.45, 2.75) is 52.4 Å². The van der Waals surface area contributed by atoms with Gasteiger partial charge in [0.15, 0.2) is 0 Å². The quantitative estimate of drug-likeness (QED) is 0.343. The number of aromatic nitrogens is 4. The lowest BCUT2D eigenvalue weighted by atomic mass is 10.0. The first-order valence-corrected chi connectivity index (χ1v) is 11.8. The van der Waals surface area contributed by atoms with E-state index in [0.717, 1.165) is 35.9 Å². The molecule has 2 fully saturated rings. The van der Waals surface area contributed by atoms with Gasteiger partial charge in [-0.15, -0.1) is 0 Å². The van der Waals surface area contributed by atoms with Crippen molar-refractivity contribution < 1.29 is 0 Å². The van der Waals surface area contributed by atoms with E-state index in [1.54, 1.807) is 0 Å². The van der Waals surface area contributed by atoms with Gasteiger partial charge in [0.1, 0.15) is 11.6 Å². The highest BCUT2D eigenvalue weighted by Crippen LogP contribution is 2.48. The molecule has 2 saturated carbocycles. The Morgan fingerprint density at radius 3 is 1.28 bits per heavy atom. The third kappa shape index (κ3) is 4.02. The molecule has 4 heteroatoms. The van der Waals surface area contributed by atoms with Gasteiger partial charge in [-0.1, -0.05) is 62.4 Å². The van der Waals surface area contributed by atoms with E-state index in [9.17, 15) is 0 Å². The van der Waals surface area contributed by atoms with Crippen molar-refractivity contribution in [3.8, 4) is 33.6 Å². The zero-order valence-corrected chi connectivity index (χ0v) is 18.9. The van der Waals surface area contributed by atoms with E-state index in [4.69, 9.17) is 0 Å². The lowest BCUT2D eigenvalue weighted by molar-refractivity contribution is 0.553. The first-order valence-electron chi connectivity index (χ1n) is 11.8. The molecule has 0 radical (unpaired) electrons. The van der Waals surface area contributed by atoms with Crippen LogP contribution in [0.4, 0.5) is 0 Å². The molecule has 4 nitrogen and oxygen atoms in total. The van der Waals surface area contributed by atoms with Gasteiger partial charge < -0.3 is 9.97 Å². The maximum Gasteiger partial charge on any atom is 0.107 e. The molecule has 0 aliphatic heterocycles. The Balaban J connectivity index is 1.15. The number of imidazole rings is 2. The zero-order chi connectivity index (χ0) is 21.8. The van der Waals surface area contributed by atoms with Crippen LogP contribution in [0.15, 0.2) is 60.9 Å². The Bertz CT molecular complexity index is 1140. The van der Waals surface area contributed by atoms with Gasteiger partial charge in [0.2, 0.25) is 0 Å². The minimum atomic E-state index is 0.471. The van der Waals surface area contributed by atoms with E-state index >= 15 is 0 Å². The van der Waals surface area contributed by atoms with Crippen molar-refractivity contribution in [1.82, 2.24) is 19.9 Å². The maximum atomic E-state index is 4.60. The molecule has 6 rings (SSSR count). The molecular weight excluding hydrogens is 392 g/mol. The molecule has 0 bridgehead atoms. The highest BCUT2D eigenvalue weighted by atomic mass is 14.9. The van der Waals surface area contributed by atoms with Crippen LogP contribution in [0.1, 0.15) is 51.2 Å². The smallest absolute Gasteiger partial charge is 0.107 e. The lowest BCUT2D eigenvalue weighted by Gasteiger charge is -2.06. The second-order valence-electron chi connectivity index (χ2n) is 10.6. The van der Waals surface area contributed by atoms with Gasteiger partial charge in [0, 0.05) is 12.8 Å². The SMILES string of the molecule is CC1(Cc2ncc(-c3ccc(-c4ccc(-c5cnc(CC6(C)CC6)[nH]5)cc4)cc3)[nH]2)CC1. The predicted molar refractivity (Wildman–Crippen MR) is 129 cm³/mol. The van der Waals surface area contributed by atoms with Crippen molar-refractivity contribution in [3.63, 3.8) is 0 Å². The summed E-state index contributed by atoms with van der Waals surface area (Å²) in [5, 5.41) is 0. The zero-order valence-electron chi connectivity index (χ0n) is 18.9. The van der Waals surface area contributed by atoms with E-state index in [0.29, 0.717) is 10.8 Å². The van der Waals surface area contributed by atoms with Gasteiger partial charge in [-0.2, -0.15) is 0 Å². The van der Waals surface area contributed by atoms with Crippen LogP contribution in [-0.4, -0.2) is 19.9 Å². The summed E-state index contributed by atoms with van der Waals surface area (Å²) in [6.45, 7) is 4.68. The first-order chi connectivity index (χ1) is 15.5. The summed E-state index contributed by atoms with van der Waals surface area (Å²) in [5.41, 5.74) is 7.94. The standard InChI is InChI=1S/C28H30N4/c1-27(11-12-27)15-25-29-17-23(31-25)21-7-3-19(4-8-21)20-5-9-22(10-6-20)24-18-30-26(32-24)16-28(2)13-14-28/h3-10,17-18H,11-16H2,1-2H3,(H,29,31)(H,30,32). The van der Waals surface area contributed by atoms with Crippen LogP contribution >= 0.6 is 0 Å². The van der Waals surface area contributed by atoms with Gasteiger partial charge in [-0.25, -0.2) is 9.97 Å². The summed E-state index contributed by atoms with van der Waals surface area (Å²) in [4.78, 5) is 16.2. The number of nitrogens with one attached hydrogen (secondary N) is 2. The summed E-state index contributed by atoms with van der Waals surface area (Å²) in [6.07, 6.45) is 11.3. The minimum Gasteiger partial charge on any atom is -0.342 e. The molecule has 0 spiro atoms. The Labute approximate surface area is 189 Å². The average molecular weight is 423 g/mol. The third-order valence-electron chi connectivity index (χ3n) is 7.38. The van der Waals surface area contributed by atoms with Gasteiger partial charge in [0.05, 0.1) is 23.8 Å². The molecular formula is C28H30N4. The molecule has 162 valence electrons. The summed E-state index contributed by atoms with van der Waals surface area (Å²) < 4.78 is 0. The highest BCUT2D eigenvalue weighted by molar-refractivity contribution is 5.71. The minimum absolute atomic E-state index is 0.471. The van der Waals surface area contributed by atoms with Crippen molar-refractivity contribution in [2.75, 3.05) is 0 Å². The molecule has 2 aromatic heterocycles. The second kappa shape index (κ2) is 7.19. The number of hydrogen-bond donors (Lipinski definition) is 2. The molecule has 2 aliphatic rings. The van der Waals surface area contributed by atoms with Crippen LogP contribution in [0.3, 0.4) is 0 Å². The Hall–Kier alpha value is -3.14. The largest absolute Gasteiger partial charge is 0.342 e. The summed E-state index contributed by atoms with van der Waals surface area (Å²) in [7, 11) is 0. The van der Waals surface area contributed by atoms with E-state index < -0.39 is 0 Å². The molecule has 0 unspecified atom stereocenters. The van der Waals surface area contributed by atoms with Crippen molar-refractivity contribution >= 4 is 0 Å². The van der Waals surface area contributed by atoms with Crippen LogP contribution in [0, 0.1) is 10.8 Å². The molecule has 2 aliphatic carbocycles. The molecule has 0 saturated heterocycles. The Kier molecular flexibility index (Phi) is 4.39. The van der Waals surface area contributed by atoms with Crippen LogP contribution in [0.5, 0.6) is 0 Å². The first kappa shape index (κ1) is 19.5. The second-order valence-corrected chi connectivity index (χ2v) is 10.6. The number of nitrogens with zero attached hydrogens (tertiary/aromatic N) is 2. The van der Waals surface area contributed by atoms with E-state index in [1.807, 2.05) is 12.4 Å². The maximum absolute atomic E-state index is 4.60. The fraction of sp³-hybridized carbons (Fsp3) is 0.357. The van der Waals surface area contributed by atoms with Crippen molar-refractivity contribution in [2.24, 2.45) is 10.8 Å². The van der Waals surface area contributed by atoms with Crippen LogP contribution in [-0.2, 0) is 12.8 Å². The third-order valence-corrected chi connectivity index (χ3v) is 7.38. The molecule has 4 aromatic rings. The van der Waals surface area contributed by atoms with Gasteiger partial charge in [-0.3, -0.25) is 0 Å². The highest BCUT2D eigenvalue weighted by Gasteiger charge is 2.38. The molecule has 2 heterocycles. The van der Waals surface area contributed by atoms with E-state index in [1.165, 1.54) is 47.9 Å². The van der Waals surface area contributed by atoms with E-state index in [-0.39, 0.29) is 0 Å². The normalized spacial score (nSPS) is 17.9. The van der Waals surface area contributed by atoms with E-state index in [2.05, 4.69) is 82.3 Å². The Morgan fingerprint density at radius 1 is 0.594 bits per heavy atom. The molecule has 2 aromatic carbocycles. The summed E-state index contributed by atoms with van der Waals surface area (Å²) in [6, 6.07) is 17.5. The number of H-pyrrole nitrogens is 2. The summed E-state index contributed by atoms with van der Waals surface area (Å²) in [5.74, 6) is 2.21. The van der Waals surface area contributed by atoms with Gasteiger partial charge in [0.25, 0.3) is 0 Å². The Morgan fingerprint density at radius 2 is 0.938 bits per heavy atom. The number of hydrogen-bond acceptors (Lipinski definition) is 2. The van der Waals surface area contributed by atoms with Gasteiger partial charge >= 0.3 is 0 Å². The van der Waals surface area contributed by atoms with Crippen LogP contribution in [0.2, 0.25) is 0 Å². The number of benzene rings is 2. The molecule has 2 N–H and O–H groups in total. The number of aromatic amines is 2. The summed E-state index contributed by atoms with van der Waals surface area (Å²) >= 11 is 0. The van der Waals surface area contributed by atoms with Crippen LogP contribution < -0.4 is 0 Å². The van der Waals surface area contributed by atoms with Gasteiger partial charge in [-0.05, 0) is 58.8 Å². The lowest BCUT2D eigenvalue weighted by Crippen LogP contribution is -2.00. The van der Waals surface area contributed by atoms with Crippen molar-refractivity contribution in [1.29, 1.82) is 0 Å². The fourth-order valence-electron chi connectivity index (χ4n) is 4.47.